The molecule has 1 atom stereocenters. The van der Waals surface area contributed by atoms with Crippen LogP contribution < -0.4 is 5.32 Å². The predicted molar refractivity (Wildman–Crippen MR) is 189 cm³/mol. The van der Waals surface area contributed by atoms with E-state index in [9.17, 15) is 4.79 Å². The van der Waals surface area contributed by atoms with E-state index in [1.54, 1.807) is 0 Å². The van der Waals surface area contributed by atoms with Crippen LogP contribution in [0.3, 0.4) is 0 Å². The third kappa shape index (κ3) is 13.1. The quantitative estimate of drug-likeness (QED) is 0.0764. The summed E-state index contributed by atoms with van der Waals surface area (Å²) in [4.78, 5) is 12.8. The number of hydrogen-bond acceptors (Lipinski definition) is 3. The normalized spacial score (nSPS) is 12.2. The summed E-state index contributed by atoms with van der Waals surface area (Å²) in [5, 5.41) is 3.15. The van der Waals surface area contributed by atoms with Crippen LogP contribution in [0.15, 0.2) is 91.0 Å². The highest BCUT2D eigenvalue weighted by Gasteiger charge is 2.38. The van der Waals surface area contributed by atoms with Gasteiger partial charge in [0.15, 0.2) is 0 Å². The van der Waals surface area contributed by atoms with Crippen LogP contribution in [0.5, 0.6) is 0 Å². The number of rotatable bonds is 25. The molecule has 4 nitrogen and oxygen atoms in total. The number of carbonyl (C=O) groups excluding carboxylic acids is 1. The summed E-state index contributed by atoms with van der Waals surface area (Å²) in [6.07, 6.45) is 18.2. The number of nitrogens with one attached hydrogen (secondary N) is 1. The molecule has 4 heteroatoms. The maximum Gasteiger partial charge on any atom is 0.220 e. The van der Waals surface area contributed by atoms with Crippen molar-refractivity contribution in [2.45, 2.75) is 122 Å². The van der Waals surface area contributed by atoms with Gasteiger partial charge in [-0.3, -0.25) is 4.79 Å². The first-order chi connectivity index (χ1) is 22.2. The first-order valence-electron chi connectivity index (χ1n) is 17.9. The molecular formula is C41H59NO3. The first kappa shape index (κ1) is 36.5. The van der Waals surface area contributed by atoms with E-state index < -0.39 is 5.60 Å². The maximum atomic E-state index is 12.8. The molecule has 0 radical (unpaired) electrons. The van der Waals surface area contributed by atoms with E-state index in [4.69, 9.17) is 9.47 Å². The number of amides is 1. The van der Waals surface area contributed by atoms with E-state index in [0.717, 1.165) is 36.0 Å². The Bertz CT molecular complexity index is 1040. The highest BCUT2D eigenvalue weighted by Crippen LogP contribution is 2.40. The summed E-state index contributed by atoms with van der Waals surface area (Å²) in [6.45, 7) is 5.78. The third-order valence-electron chi connectivity index (χ3n) is 8.62. The van der Waals surface area contributed by atoms with Crippen molar-refractivity contribution in [1.29, 1.82) is 0 Å². The molecule has 1 amide bonds. The minimum atomic E-state index is -0.809. The molecule has 0 spiro atoms. The van der Waals surface area contributed by atoms with Crippen molar-refractivity contribution in [1.82, 2.24) is 5.32 Å². The van der Waals surface area contributed by atoms with E-state index in [2.05, 4.69) is 92.0 Å². The van der Waals surface area contributed by atoms with E-state index >= 15 is 0 Å². The summed E-state index contributed by atoms with van der Waals surface area (Å²) >= 11 is 0. The van der Waals surface area contributed by atoms with Gasteiger partial charge in [-0.05, 0) is 29.5 Å². The van der Waals surface area contributed by atoms with Crippen molar-refractivity contribution in [2.24, 2.45) is 0 Å². The van der Waals surface area contributed by atoms with Crippen molar-refractivity contribution >= 4 is 5.91 Å². The number of carbonyl (C=O) groups is 1. The molecule has 0 saturated carbocycles. The third-order valence-corrected chi connectivity index (χ3v) is 8.62. The number of benzene rings is 3. The predicted octanol–water partition coefficient (Wildman–Crippen LogP) is 10.4. The van der Waals surface area contributed by atoms with Gasteiger partial charge in [0.25, 0.3) is 0 Å². The van der Waals surface area contributed by atoms with Crippen molar-refractivity contribution in [2.75, 3.05) is 19.8 Å². The Balaban J connectivity index is 1.49. The Morgan fingerprint density at radius 2 is 1.02 bits per heavy atom. The molecule has 3 aromatic rings. The SMILES string of the molecule is CCCCCCCCCCCCCCCC(=O)NCC(COC(c1ccccc1)(c1ccccc1)c1ccccc1)OCCC. The number of ether oxygens (including phenoxy) is 2. The first-order valence-corrected chi connectivity index (χ1v) is 17.9. The molecule has 0 saturated heterocycles. The second kappa shape index (κ2) is 22.5. The van der Waals surface area contributed by atoms with E-state index in [-0.39, 0.29) is 12.0 Å². The molecule has 3 aromatic carbocycles. The topological polar surface area (TPSA) is 47.6 Å². The number of hydrogen-bond donors (Lipinski definition) is 1. The van der Waals surface area contributed by atoms with Gasteiger partial charge in [0, 0.05) is 19.6 Å². The largest absolute Gasteiger partial charge is 0.374 e. The zero-order valence-corrected chi connectivity index (χ0v) is 28.2. The fourth-order valence-corrected chi connectivity index (χ4v) is 6.06. The Kier molecular flexibility index (Phi) is 18.3. The second-order valence-electron chi connectivity index (χ2n) is 12.4. The van der Waals surface area contributed by atoms with E-state index in [1.807, 2.05) is 18.2 Å². The summed E-state index contributed by atoms with van der Waals surface area (Å²) in [5.41, 5.74) is 2.37. The van der Waals surface area contributed by atoms with Gasteiger partial charge in [-0.15, -0.1) is 0 Å². The van der Waals surface area contributed by atoms with Crippen LogP contribution >= 0.6 is 0 Å². The van der Waals surface area contributed by atoms with Crippen molar-refractivity contribution in [3.63, 3.8) is 0 Å². The van der Waals surface area contributed by atoms with Gasteiger partial charge < -0.3 is 14.8 Å². The molecule has 0 bridgehead atoms. The van der Waals surface area contributed by atoms with Crippen LogP contribution in [-0.2, 0) is 19.9 Å². The molecule has 1 N–H and O–H groups in total. The van der Waals surface area contributed by atoms with E-state index in [0.29, 0.717) is 26.2 Å². The summed E-state index contributed by atoms with van der Waals surface area (Å²) < 4.78 is 13.2. The van der Waals surface area contributed by atoms with Gasteiger partial charge in [-0.25, -0.2) is 0 Å². The standard InChI is InChI=1S/C41H59NO3/c1-3-5-6-7-8-9-10-11-12-13-14-15-25-32-40(43)42-34-39(44-33-4-2)35-45-41(36-26-19-16-20-27-36,37-28-21-17-22-29-37)38-30-23-18-24-31-38/h16-24,26-31,39H,3-15,25,32-35H2,1-2H3,(H,42,43). The summed E-state index contributed by atoms with van der Waals surface area (Å²) in [7, 11) is 0. The van der Waals surface area contributed by atoms with Crippen LogP contribution in [0.4, 0.5) is 0 Å². The molecule has 246 valence electrons. The highest BCUT2D eigenvalue weighted by atomic mass is 16.5. The average Bonchev–Trinajstić information content (AvgIpc) is 3.09. The fraction of sp³-hybridized carbons (Fsp3) is 0.537. The molecular weight excluding hydrogens is 554 g/mol. The van der Waals surface area contributed by atoms with Gasteiger partial charge in [-0.1, -0.05) is 182 Å². The van der Waals surface area contributed by atoms with Crippen molar-refractivity contribution in [3.05, 3.63) is 108 Å². The zero-order valence-electron chi connectivity index (χ0n) is 28.2. The second-order valence-corrected chi connectivity index (χ2v) is 12.4. The Morgan fingerprint density at radius 1 is 0.600 bits per heavy atom. The van der Waals surface area contributed by atoms with Crippen LogP contribution in [0.2, 0.25) is 0 Å². The van der Waals surface area contributed by atoms with Gasteiger partial charge >= 0.3 is 0 Å². The molecule has 1 unspecified atom stereocenters. The molecule has 0 aromatic heterocycles. The smallest absolute Gasteiger partial charge is 0.220 e. The highest BCUT2D eigenvalue weighted by molar-refractivity contribution is 5.75. The van der Waals surface area contributed by atoms with Crippen LogP contribution in [-0.4, -0.2) is 31.8 Å². The van der Waals surface area contributed by atoms with Crippen molar-refractivity contribution < 1.29 is 14.3 Å². The Labute approximate surface area is 274 Å². The number of unbranched alkanes of at least 4 members (excludes halogenated alkanes) is 12. The lowest BCUT2D eigenvalue weighted by atomic mass is 9.80. The minimum absolute atomic E-state index is 0.101. The van der Waals surface area contributed by atoms with E-state index in [1.165, 1.54) is 70.6 Å². The maximum absolute atomic E-state index is 12.8. The molecule has 3 rings (SSSR count). The monoisotopic (exact) mass is 613 g/mol. The lowest BCUT2D eigenvalue weighted by Crippen LogP contribution is -2.41. The summed E-state index contributed by atoms with van der Waals surface area (Å²) in [5.74, 6) is 0.101. The zero-order chi connectivity index (χ0) is 31.8. The molecule has 0 aliphatic carbocycles. The summed E-state index contributed by atoms with van der Waals surface area (Å²) in [6, 6.07) is 31.2. The minimum Gasteiger partial charge on any atom is -0.374 e. The molecule has 0 aliphatic heterocycles. The van der Waals surface area contributed by atoms with Crippen molar-refractivity contribution in [3.8, 4) is 0 Å². The Hall–Kier alpha value is -2.95. The van der Waals surface area contributed by atoms with Gasteiger partial charge in [0.2, 0.25) is 5.91 Å². The van der Waals surface area contributed by atoms with Gasteiger partial charge in [0.1, 0.15) is 5.60 Å². The molecule has 0 aliphatic rings. The molecule has 0 heterocycles. The lowest BCUT2D eigenvalue weighted by molar-refractivity contribution is -0.122. The van der Waals surface area contributed by atoms with Gasteiger partial charge in [-0.2, -0.15) is 0 Å². The van der Waals surface area contributed by atoms with Crippen LogP contribution in [0.1, 0.15) is 127 Å². The van der Waals surface area contributed by atoms with Gasteiger partial charge in [0.05, 0.1) is 12.7 Å². The fourth-order valence-electron chi connectivity index (χ4n) is 6.06. The Morgan fingerprint density at radius 3 is 1.44 bits per heavy atom. The molecule has 45 heavy (non-hydrogen) atoms. The lowest BCUT2D eigenvalue weighted by Gasteiger charge is -2.37. The van der Waals surface area contributed by atoms with Crippen LogP contribution in [0, 0.1) is 0 Å². The molecule has 0 fully saturated rings. The average molecular weight is 614 g/mol. The van der Waals surface area contributed by atoms with Crippen LogP contribution in [0.25, 0.3) is 0 Å².